The third kappa shape index (κ3) is 5.23. The zero-order valence-electron chi connectivity index (χ0n) is 17.3. The lowest BCUT2D eigenvalue weighted by atomic mass is 9.98. The summed E-state index contributed by atoms with van der Waals surface area (Å²) in [6.07, 6.45) is 0.188. The van der Waals surface area contributed by atoms with Gasteiger partial charge in [0.05, 0.1) is 28.5 Å². The van der Waals surface area contributed by atoms with Gasteiger partial charge < -0.3 is 20.5 Å². The Morgan fingerprint density at radius 3 is 2.30 bits per heavy atom. The molecule has 0 aliphatic heterocycles. The van der Waals surface area contributed by atoms with Crippen LogP contribution in [0.2, 0.25) is 0 Å². The second-order valence-electron chi connectivity index (χ2n) is 7.44. The van der Waals surface area contributed by atoms with Gasteiger partial charge in [-0.1, -0.05) is 48.5 Å². The monoisotopic (exact) mass is 529 g/mol. The predicted molar refractivity (Wildman–Crippen MR) is 126 cm³/mol. The Hall–Kier alpha value is -3.24. The van der Waals surface area contributed by atoms with Crippen LogP contribution in [0.5, 0.6) is 0 Å². The van der Waals surface area contributed by atoms with Crippen molar-refractivity contribution in [3.05, 3.63) is 75.2 Å². The van der Waals surface area contributed by atoms with Gasteiger partial charge in [0.2, 0.25) is 5.91 Å². The molecule has 8 nitrogen and oxygen atoms in total. The van der Waals surface area contributed by atoms with E-state index in [1.165, 1.54) is 11.5 Å². The molecule has 1 aliphatic carbocycles. The third-order valence-corrected chi connectivity index (χ3v) is 7.09. The minimum atomic E-state index is -1.27. The van der Waals surface area contributed by atoms with Crippen molar-refractivity contribution in [2.24, 2.45) is 0 Å². The number of carboxylic acid groups (broad SMARTS) is 1. The fourth-order valence-corrected chi connectivity index (χ4v) is 4.98. The Morgan fingerprint density at radius 1 is 1.09 bits per heavy atom. The number of benzene rings is 2. The van der Waals surface area contributed by atoms with Crippen molar-refractivity contribution < 1.29 is 24.2 Å². The Labute approximate surface area is 202 Å². The quantitative estimate of drug-likeness (QED) is 0.407. The largest absolute Gasteiger partial charge is 0.481 e. The highest BCUT2D eigenvalue weighted by Crippen LogP contribution is 2.44. The highest BCUT2D eigenvalue weighted by Gasteiger charge is 2.30. The molecule has 1 atom stereocenters. The maximum absolute atomic E-state index is 12.5. The number of carboxylic acids is 1. The summed E-state index contributed by atoms with van der Waals surface area (Å²) < 4.78 is 10.2. The topological polar surface area (TPSA) is 118 Å². The van der Waals surface area contributed by atoms with Gasteiger partial charge in [0.1, 0.15) is 12.6 Å². The summed E-state index contributed by atoms with van der Waals surface area (Å²) in [5, 5.41) is 14.2. The molecule has 2 amide bonds. The average Bonchev–Trinajstić information content (AvgIpc) is 3.36. The number of carbonyl (C=O) groups excluding carboxylic acids is 2. The van der Waals surface area contributed by atoms with Crippen LogP contribution in [0.25, 0.3) is 11.1 Å². The lowest BCUT2D eigenvalue weighted by Gasteiger charge is -2.18. The number of hydrogen-bond acceptors (Lipinski definition) is 6. The average molecular weight is 530 g/mol. The lowest BCUT2D eigenvalue weighted by molar-refractivity contribution is -0.139. The Balaban J connectivity index is 1.39. The summed E-state index contributed by atoms with van der Waals surface area (Å²) >= 11 is 4.52. The number of fused-ring (bicyclic) bond motifs is 3. The zero-order chi connectivity index (χ0) is 23.4. The standard InChI is InChI=1S/C23H20BrN3O5S/c24-18-10-26-33-20(18)11-25-22(30)19(9-21(28)29)27-23(31)32-12-17-15-7-3-1-5-13(15)14-6-2-4-8-16(14)17/h1-8,10,17,19H,9,11-12H2,(H,25,30)(H,27,31)(H,28,29). The lowest BCUT2D eigenvalue weighted by Crippen LogP contribution is -2.48. The third-order valence-electron chi connectivity index (χ3n) is 5.35. The molecule has 1 aromatic heterocycles. The molecule has 3 aromatic rings. The molecule has 1 heterocycles. The van der Waals surface area contributed by atoms with Crippen LogP contribution in [0.4, 0.5) is 4.79 Å². The molecule has 1 aliphatic rings. The van der Waals surface area contributed by atoms with Crippen LogP contribution in [0.3, 0.4) is 0 Å². The van der Waals surface area contributed by atoms with Gasteiger partial charge in [-0.2, -0.15) is 4.37 Å². The number of carbonyl (C=O) groups is 3. The van der Waals surface area contributed by atoms with Gasteiger partial charge in [-0.3, -0.25) is 9.59 Å². The molecule has 1 unspecified atom stereocenters. The van der Waals surface area contributed by atoms with Gasteiger partial charge in [0.15, 0.2) is 0 Å². The molecular formula is C23H20BrN3O5S. The minimum absolute atomic E-state index is 0.0646. The van der Waals surface area contributed by atoms with Crippen LogP contribution < -0.4 is 10.6 Å². The van der Waals surface area contributed by atoms with Crippen molar-refractivity contribution in [3.63, 3.8) is 0 Å². The SMILES string of the molecule is O=C(O)CC(NC(=O)OCC1c2ccccc2-c2ccccc21)C(=O)NCc1sncc1Br. The van der Waals surface area contributed by atoms with Crippen molar-refractivity contribution in [2.45, 2.75) is 24.9 Å². The van der Waals surface area contributed by atoms with Crippen molar-refractivity contribution >= 4 is 45.4 Å². The fourth-order valence-electron chi connectivity index (χ4n) is 3.83. The molecule has 0 bridgehead atoms. The van der Waals surface area contributed by atoms with Crippen LogP contribution in [-0.2, 0) is 20.9 Å². The first-order chi connectivity index (χ1) is 15.9. The van der Waals surface area contributed by atoms with E-state index in [0.29, 0.717) is 0 Å². The van der Waals surface area contributed by atoms with E-state index in [0.717, 1.165) is 31.6 Å². The van der Waals surface area contributed by atoms with Crippen molar-refractivity contribution in [3.8, 4) is 11.1 Å². The van der Waals surface area contributed by atoms with E-state index >= 15 is 0 Å². The number of rotatable bonds is 8. The Kier molecular flexibility index (Phi) is 7.05. The minimum Gasteiger partial charge on any atom is -0.481 e. The molecule has 0 spiro atoms. The fraction of sp³-hybridized carbons (Fsp3) is 0.217. The molecule has 0 saturated carbocycles. The summed E-state index contributed by atoms with van der Waals surface area (Å²) in [4.78, 5) is 37.0. The van der Waals surface area contributed by atoms with Gasteiger partial charge in [-0.25, -0.2) is 4.79 Å². The maximum Gasteiger partial charge on any atom is 0.407 e. The second-order valence-corrected chi connectivity index (χ2v) is 9.18. The highest BCUT2D eigenvalue weighted by atomic mass is 79.9. The van der Waals surface area contributed by atoms with Crippen LogP contribution in [0, 0.1) is 0 Å². The molecule has 4 rings (SSSR count). The van der Waals surface area contributed by atoms with Crippen LogP contribution in [0.1, 0.15) is 28.3 Å². The molecule has 33 heavy (non-hydrogen) atoms. The molecular weight excluding hydrogens is 510 g/mol. The molecule has 0 saturated heterocycles. The maximum atomic E-state index is 12.5. The molecule has 170 valence electrons. The van der Waals surface area contributed by atoms with E-state index in [4.69, 9.17) is 4.74 Å². The van der Waals surface area contributed by atoms with Crippen LogP contribution in [-0.4, -0.2) is 40.1 Å². The van der Waals surface area contributed by atoms with Gasteiger partial charge in [-0.15, -0.1) is 0 Å². The summed E-state index contributed by atoms with van der Waals surface area (Å²) in [6, 6.07) is 14.6. The first kappa shape index (κ1) is 22.9. The van der Waals surface area contributed by atoms with Crippen molar-refractivity contribution in [1.29, 1.82) is 0 Å². The second kappa shape index (κ2) is 10.1. The molecule has 10 heteroatoms. The van der Waals surface area contributed by atoms with E-state index < -0.39 is 30.4 Å². The number of hydrogen-bond donors (Lipinski definition) is 3. The predicted octanol–water partition coefficient (Wildman–Crippen LogP) is 3.90. The summed E-state index contributed by atoms with van der Waals surface area (Å²) in [6.45, 7) is 0.224. The highest BCUT2D eigenvalue weighted by molar-refractivity contribution is 9.10. The number of aliphatic carboxylic acids is 1. The smallest absolute Gasteiger partial charge is 0.407 e. The Morgan fingerprint density at radius 2 is 1.73 bits per heavy atom. The molecule has 0 fully saturated rings. The normalized spacial score (nSPS) is 13.0. The number of alkyl carbamates (subject to hydrolysis) is 1. The van der Waals surface area contributed by atoms with Gasteiger partial charge >= 0.3 is 12.1 Å². The number of amides is 2. The van der Waals surface area contributed by atoms with E-state index in [2.05, 4.69) is 30.9 Å². The molecule has 2 aromatic carbocycles. The number of halogens is 1. The first-order valence-corrected chi connectivity index (χ1v) is 11.7. The van der Waals surface area contributed by atoms with Gasteiger partial charge in [-0.05, 0) is 49.7 Å². The van der Waals surface area contributed by atoms with Crippen molar-refractivity contribution in [2.75, 3.05) is 6.61 Å². The molecule has 0 radical (unpaired) electrons. The number of aromatic nitrogens is 1. The number of nitrogens with one attached hydrogen (secondary N) is 2. The summed E-state index contributed by atoms with van der Waals surface area (Å²) in [5.41, 5.74) is 4.31. The van der Waals surface area contributed by atoms with E-state index in [9.17, 15) is 19.5 Å². The first-order valence-electron chi connectivity index (χ1n) is 10.1. The van der Waals surface area contributed by atoms with E-state index in [-0.39, 0.29) is 19.1 Å². The van der Waals surface area contributed by atoms with E-state index in [1.54, 1.807) is 6.20 Å². The van der Waals surface area contributed by atoms with Crippen LogP contribution in [0.15, 0.2) is 59.2 Å². The number of nitrogens with zero attached hydrogens (tertiary/aromatic N) is 1. The van der Waals surface area contributed by atoms with Gasteiger partial charge in [0.25, 0.3) is 0 Å². The molecule has 3 N–H and O–H groups in total. The Bertz CT molecular complexity index is 1150. The summed E-state index contributed by atoms with van der Waals surface area (Å²) in [7, 11) is 0. The van der Waals surface area contributed by atoms with Crippen molar-refractivity contribution in [1.82, 2.24) is 15.0 Å². The van der Waals surface area contributed by atoms with Crippen LogP contribution >= 0.6 is 27.5 Å². The van der Waals surface area contributed by atoms with Gasteiger partial charge in [0, 0.05) is 5.92 Å². The van der Waals surface area contributed by atoms with E-state index in [1.807, 2.05) is 48.5 Å². The summed E-state index contributed by atoms with van der Waals surface area (Å²) in [5.74, 6) is -1.97. The zero-order valence-corrected chi connectivity index (χ0v) is 19.7. The number of ether oxygens (including phenoxy) is 1.